The summed E-state index contributed by atoms with van der Waals surface area (Å²) in [7, 11) is 4.26. The summed E-state index contributed by atoms with van der Waals surface area (Å²) in [6.07, 6.45) is 4.28. The van der Waals surface area contributed by atoms with Gasteiger partial charge in [0.15, 0.2) is 17.6 Å². The minimum Gasteiger partial charge on any atom is -0.436 e. The van der Waals surface area contributed by atoms with E-state index >= 15 is 0 Å². The fraction of sp³-hybridized carbons (Fsp3) is 0.391. The molecule has 1 aromatic heterocycles. The molecule has 29 heavy (non-hydrogen) atoms. The van der Waals surface area contributed by atoms with Crippen molar-refractivity contribution in [1.82, 2.24) is 14.4 Å². The van der Waals surface area contributed by atoms with Crippen LogP contribution >= 0.6 is 0 Å². The van der Waals surface area contributed by atoms with E-state index in [2.05, 4.69) is 48.5 Å². The monoisotopic (exact) mass is 391 g/mol. The summed E-state index contributed by atoms with van der Waals surface area (Å²) in [6, 6.07) is 14.8. The summed E-state index contributed by atoms with van der Waals surface area (Å²) in [5.74, 6) is 0.647. The van der Waals surface area contributed by atoms with Crippen molar-refractivity contribution in [2.45, 2.75) is 18.9 Å². The summed E-state index contributed by atoms with van der Waals surface area (Å²) < 4.78 is 12.4. The molecule has 2 aliphatic rings. The Morgan fingerprint density at radius 3 is 2.72 bits per heavy atom. The number of benzene rings is 2. The van der Waals surface area contributed by atoms with Crippen LogP contribution in [-0.2, 0) is 4.74 Å². The third kappa shape index (κ3) is 3.27. The van der Waals surface area contributed by atoms with Crippen molar-refractivity contribution in [3.05, 3.63) is 42.5 Å². The van der Waals surface area contributed by atoms with Gasteiger partial charge in [0.05, 0.1) is 13.2 Å². The molecule has 0 spiro atoms. The number of para-hydroxylation sites is 2. The Balaban J connectivity index is 1.52. The van der Waals surface area contributed by atoms with Gasteiger partial charge in [-0.05, 0) is 38.4 Å². The van der Waals surface area contributed by atoms with Gasteiger partial charge in [-0.25, -0.2) is 9.47 Å². The predicted molar refractivity (Wildman–Crippen MR) is 117 cm³/mol. The molecule has 0 aliphatic carbocycles. The van der Waals surface area contributed by atoms with Crippen molar-refractivity contribution < 1.29 is 9.15 Å². The van der Waals surface area contributed by atoms with Gasteiger partial charge in [0.2, 0.25) is 5.89 Å². The van der Waals surface area contributed by atoms with Gasteiger partial charge in [-0.2, -0.15) is 4.99 Å². The van der Waals surface area contributed by atoms with Crippen LogP contribution in [0.1, 0.15) is 12.8 Å². The number of aliphatic imine (C=N–C) groups is 1. The van der Waals surface area contributed by atoms with E-state index in [0.29, 0.717) is 11.9 Å². The number of likely N-dealkylation sites (N-methyl/N-ethyl adjacent to an activating group) is 1. The van der Waals surface area contributed by atoms with Crippen LogP contribution in [0.25, 0.3) is 22.6 Å². The van der Waals surface area contributed by atoms with E-state index in [-0.39, 0.29) is 0 Å². The van der Waals surface area contributed by atoms with Crippen molar-refractivity contribution in [2.24, 2.45) is 4.99 Å². The lowest BCUT2D eigenvalue weighted by atomic mass is 10.0. The first-order chi connectivity index (χ1) is 14.2. The molecule has 2 aliphatic heterocycles. The topological polar surface area (TPSA) is 50.9 Å². The first-order valence-corrected chi connectivity index (χ1v) is 10.3. The molecule has 0 amide bonds. The molecule has 0 N–H and O–H groups in total. The van der Waals surface area contributed by atoms with Crippen LogP contribution in [0, 0.1) is 0 Å². The molecule has 6 heteroatoms. The van der Waals surface area contributed by atoms with Gasteiger partial charge in [-0.1, -0.05) is 12.1 Å². The van der Waals surface area contributed by atoms with Gasteiger partial charge in [-0.15, -0.1) is 0 Å². The van der Waals surface area contributed by atoms with E-state index in [1.54, 1.807) is 0 Å². The second kappa shape index (κ2) is 7.37. The fourth-order valence-corrected chi connectivity index (χ4v) is 4.50. The third-order valence-corrected chi connectivity index (χ3v) is 6.13. The summed E-state index contributed by atoms with van der Waals surface area (Å²) >= 11 is 0. The Labute approximate surface area is 171 Å². The molecule has 3 aromatic rings. The molecule has 3 heterocycles. The summed E-state index contributed by atoms with van der Waals surface area (Å²) in [4.78, 5) is 11.8. The van der Waals surface area contributed by atoms with Crippen molar-refractivity contribution in [3.63, 3.8) is 0 Å². The molecule has 6 nitrogen and oxygen atoms in total. The lowest BCUT2D eigenvalue weighted by Crippen LogP contribution is -2.58. The van der Waals surface area contributed by atoms with Crippen LogP contribution in [0.5, 0.6) is 0 Å². The van der Waals surface area contributed by atoms with Gasteiger partial charge >= 0.3 is 0 Å². The quantitative estimate of drug-likeness (QED) is 0.611. The van der Waals surface area contributed by atoms with Gasteiger partial charge in [0.25, 0.3) is 0 Å². The number of hydrogen-bond donors (Lipinski definition) is 0. The van der Waals surface area contributed by atoms with Gasteiger partial charge in [0.1, 0.15) is 23.8 Å². The van der Waals surface area contributed by atoms with E-state index in [1.165, 1.54) is 5.69 Å². The normalized spacial score (nSPS) is 21.9. The minimum absolute atomic E-state index is 0.504. The lowest BCUT2D eigenvalue weighted by Gasteiger charge is -2.40. The molecule has 0 radical (unpaired) electrons. The van der Waals surface area contributed by atoms with Crippen LogP contribution in [0.2, 0.25) is 0 Å². The largest absolute Gasteiger partial charge is 0.436 e. The Bertz CT molecular complexity index is 1020. The standard InChI is InChI=1S/C23H27N4O2/c1-26(2)11-12-27(18-9-13-28-14-10-18)16-24-20-15-17(7-8-21(20)27)23-25-19-5-3-4-6-22(19)29-23/h3-8,15-16,18H,9-14H2,1-2H3/q+1. The number of hydrogen-bond acceptors (Lipinski definition) is 5. The molecule has 2 aromatic carbocycles. The highest BCUT2D eigenvalue weighted by atomic mass is 16.5. The average molecular weight is 391 g/mol. The van der Waals surface area contributed by atoms with Crippen LogP contribution in [0.15, 0.2) is 51.9 Å². The van der Waals surface area contributed by atoms with Crippen LogP contribution in [0.4, 0.5) is 11.4 Å². The third-order valence-electron chi connectivity index (χ3n) is 6.13. The molecule has 1 fully saturated rings. The van der Waals surface area contributed by atoms with Crippen LogP contribution < -0.4 is 4.48 Å². The maximum Gasteiger partial charge on any atom is 0.227 e. The van der Waals surface area contributed by atoms with Gasteiger partial charge in [-0.3, -0.25) is 0 Å². The van der Waals surface area contributed by atoms with Crippen molar-refractivity contribution in [1.29, 1.82) is 0 Å². The number of fused-ring (bicyclic) bond motifs is 2. The number of quaternary nitrogens is 1. The first kappa shape index (κ1) is 18.5. The average Bonchev–Trinajstić information content (AvgIpc) is 3.35. The fourth-order valence-electron chi connectivity index (χ4n) is 4.50. The minimum atomic E-state index is 0.504. The van der Waals surface area contributed by atoms with Crippen LogP contribution in [0.3, 0.4) is 0 Å². The lowest BCUT2D eigenvalue weighted by molar-refractivity contribution is 0.0569. The number of rotatable bonds is 5. The zero-order valence-electron chi connectivity index (χ0n) is 17.0. The van der Waals surface area contributed by atoms with Gasteiger partial charge < -0.3 is 14.1 Å². The van der Waals surface area contributed by atoms with Crippen molar-refractivity contribution >= 4 is 28.8 Å². The highest BCUT2D eigenvalue weighted by Crippen LogP contribution is 2.44. The second-order valence-corrected chi connectivity index (χ2v) is 8.24. The van der Waals surface area contributed by atoms with Crippen LogP contribution in [-0.4, -0.2) is 62.7 Å². The maximum absolute atomic E-state index is 5.97. The molecule has 5 rings (SSSR count). The molecule has 1 atom stereocenters. The molecule has 1 unspecified atom stereocenters. The molecule has 1 saturated heterocycles. The van der Waals surface area contributed by atoms with Crippen molar-refractivity contribution in [3.8, 4) is 11.5 Å². The van der Waals surface area contributed by atoms with E-state index in [4.69, 9.17) is 14.1 Å². The SMILES string of the molecule is CN(C)CC[N+]1(C2CCOCC2)C=Nc2cc(-c3nc4ccccc4o3)ccc21. The number of oxazole rings is 1. The Morgan fingerprint density at radius 1 is 1.10 bits per heavy atom. The number of nitrogens with zero attached hydrogens (tertiary/aromatic N) is 4. The summed E-state index contributed by atoms with van der Waals surface area (Å²) in [5, 5.41) is 0. The maximum atomic E-state index is 5.97. The van der Waals surface area contributed by atoms with E-state index in [9.17, 15) is 0 Å². The van der Waals surface area contributed by atoms with Gasteiger partial charge in [0, 0.05) is 31.0 Å². The van der Waals surface area contributed by atoms with Crippen molar-refractivity contribution in [2.75, 3.05) is 40.4 Å². The molecular formula is C23H27N4O2+. The summed E-state index contributed by atoms with van der Waals surface area (Å²) in [5.41, 5.74) is 4.96. The predicted octanol–water partition coefficient (Wildman–Crippen LogP) is 4.22. The van der Waals surface area contributed by atoms with E-state index in [0.717, 1.165) is 66.0 Å². The molecule has 0 saturated carbocycles. The van der Waals surface area contributed by atoms with E-state index in [1.807, 2.05) is 24.3 Å². The zero-order chi connectivity index (χ0) is 19.8. The highest BCUT2D eigenvalue weighted by Gasteiger charge is 2.44. The first-order valence-electron chi connectivity index (χ1n) is 10.3. The Kier molecular flexibility index (Phi) is 4.70. The number of aromatic nitrogens is 1. The Morgan fingerprint density at radius 2 is 1.93 bits per heavy atom. The highest BCUT2D eigenvalue weighted by molar-refractivity contribution is 5.91. The van der Waals surface area contributed by atoms with E-state index < -0.39 is 0 Å². The Hall–Kier alpha value is -2.54. The second-order valence-electron chi connectivity index (χ2n) is 8.24. The smallest absolute Gasteiger partial charge is 0.227 e. The molecule has 0 bridgehead atoms. The zero-order valence-corrected chi connectivity index (χ0v) is 17.0. The summed E-state index contributed by atoms with van der Waals surface area (Å²) in [6.45, 7) is 3.68. The molecular weight excluding hydrogens is 364 g/mol. The molecule has 150 valence electrons. The number of ether oxygens (including phenoxy) is 1.